The molecule has 3 aliphatic carbocycles. The number of halogens is 1. The zero-order valence-electron chi connectivity index (χ0n) is 23.4. The number of nitrogens with one attached hydrogen (secondary N) is 1. The van der Waals surface area contributed by atoms with Crippen LogP contribution in [0.1, 0.15) is 27.9 Å². The Morgan fingerprint density at radius 1 is 1.12 bits per heavy atom. The van der Waals surface area contributed by atoms with Crippen LogP contribution in [-0.4, -0.2) is 81.6 Å². The number of primary amides is 1. The van der Waals surface area contributed by atoms with Crippen molar-refractivity contribution in [2.75, 3.05) is 26.5 Å². The molecule has 0 aliphatic heterocycles. The predicted octanol–water partition coefficient (Wildman–Crippen LogP) is 2.05. The molecule has 0 aromatic heterocycles. The number of hydrogen-bond acceptors (Lipinski definition) is 10. The molecule has 1 fully saturated rings. The van der Waals surface area contributed by atoms with Gasteiger partial charge in [0.2, 0.25) is 11.7 Å². The van der Waals surface area contributed by atoms with Crippen molar-refractivity contribution in [2.45, 2.75) is 29.3 Å². The molecule has 13 heteroatoms. The zero-order valence-corrected chi connectivity index (χ0v) is 25.0. The fourth-order valence-electron chi connectivity index (χ4n) is 6.44. The Hall–Kier alpha value is -4.20. The largest absolute Gasteiger partial charge is 0.508 e. The number of carbonyl (C=O) groups is 4. The maximum absolute atomic E-state index is 13.9. The molecule has 0 radical (unpaired) electrons. The number of ether oxygens (including phenoxy) is 1. The van der Waals surface area contributed by atoms with Gasteiger partial charge in [0.15, 0.2) is 11.4 Å². The number of anilines is 1. The Balaban J connectivity index is 1.54. The molecule has 43 heavy (non-hydrogen) atoms. The number of likely N-dealkylation sites (N-methyl/N-ethyl adjacent to an activating group) is 1. The van der Waals surface area contributed by atoms with Crippen molar-refractivity contribution in [3.63, 3.8) is 0 Å². The fraction of sp³-hybridized carbons (Fsp3) is 0.333. The van der Waals surface area contributed by atoms with Gasteiger partial charge in [-0.3, -0.25) is 24.1 Å². The van der Waals surface area contributed by atoms with Crippen LogP contribution in [0.4, 0.5) is 5.69 Å². The van der Waals surface area contributed by atoms with Gasteiger partial charge in [-0.25, -0.2) is 0 Å². The number of aliphatic hydroxyl groups excluding tert-OH is 2. The summed E-state index contributed by atoms with van der Waals surface area (Å²) in [5, 5.41) is 47.8. The van der Waals surface area contributed by atoms with E-state index in [0.29, 0.717) is 16.9 Å². The van der Waals surface area contributed by atoms with Crippen LogP contribution in [0.5, 0.6) is 11.5 Å². The number of fused-ring (bicyclic) bond motifs is 3. The van der Waals surface area contributed by atoms with Crippen LogP contribution in [0.25, 0.3) is 5.76 Å². The minimum atomic E-state index is -2.73. The van der Waals surface area contributed by atoms with Gasteiger partial charge in [0, 0.05) is 11.5 Å². The Labute approximate surface area is 254 Å². The molecule has 3 aliphatic rings. The number of rotatable bonds is 6. The number of benzene rings is 2. The van der Waals surface area contributed by atoms with Gasteiger partial charge >= 0.3 is 0 Å². The number of nitrogens with zero attached hydrogens (tertiary/aromatic N) is 1. The number of amides is 2. The maximum Gasteiger partial charge on any atom is 0.255 e. The molecule has 5 rings (SSSR count). The van der Waals surface area contributed by atoms with E-state index in [9.17, 15) is 39.6 Å². The van der Waals surface area contributed by atoms with E-state index in [1.165, 1.54) is 32.2 Å². The number of hydrogen-bond donors (Lipinski definition) is 6. The van der Waals surface area contributed by atoms with Gasteiger partial charge in [-0.05, 0) is 62.2 Å². The van der Waals surface area contributed by atoms with Gasteiger partial charge in [-0.15, -0.1) is 0 Å². The van der Waals surface area contributed by atoms with Crippen LogP contribution in [0.3, 0.4) is 0 Å². The number of ketones is 2. The molecular weight excluding hydrogens is 626 g/mol. The molecule has 2 aromatic carbocycles. The summed E-state index contributed by atoms with van der Waals surface area (Å²) in [6.07, 6.45) is 0.126. The third-order valence-electron chi connectivity index (χ3n) is 8.49. The SMILES string of the molecule is COc1ccc(C(Br)C(=O)Nc2ccc3c(c2O)C(O)=C2C(=O)C4(O)C(O)=C(C(N)=O)C(=O)[C@@H](N(C)C)C4CC2C3)cc1. The topological polar surface area (TPSA) is 200 Å². The number of aromatic hydroxyl groups is 1. The highest BCUT2D eigenvalue weighted by Gasteiger charge is 2.64. The van der Waals surface area contributed by atoms with Crippen LogP contribution >= 0.6 is 15.9 Å². The molecule has 2 amide bonds. The lowest BCUT2D eigenvalue weighted by molar-refractivity contribution is -0.153. The minimum Gasteiger partial charge on any atom is -0.508 e. The molecule has 0 spiro atoms. The van der Waals surface area contributed by atoms with Gasteiger partial charge < -0.3 is 36.2 Å². The lowest BCUT2D eigenvalue weighted by atomic mass is 9.57. The quantitative estimate of drug-likeness (QED) is 0.152. The molecule has 12 nitrogen and oxygen atoms in total. The number of nitrogens with two attached hydrogens (primary N) is 1. The van der Waals surface area contributed by atoms with E-state index in [-0.39, 0.29) is 29.7 Å². The smallest absolute Gasteiger partial charge is 0.255 e. The highest BCUT2D eigenvalue weighted by Crippen LogP contribution is 2.53. The number of methoxy groups -OCH3 is 1. The second-order valence-corrected chi connectivity index (χ2v) is 12.0. The average Bonchev–Trinajstić information content (AvgIpc) is 2.95. The van der Waals surface area contributed by atoms with Crippen molar-refractivity contribution >= 4 is 50.8 Å². The van der Waals surface area contributed by atoms with Crippen LogP contribution in [-0.2, 0) is 25.6 Å². The van der Waals surface area contributed by atoms with Crippen LogP contribution in [0, 0.1) is 11.8 Å². The summed E-state index contributed by atoms with van der Waals surface area (Å²) in [6.45, 7) is 0. The van der Waals surface area contributed by atoms with E-state index in [4.69, 9.17) is 10.5 Å². The molecule has 226 valence electrons. The first-order valence-electron chi connectivity index (χ1n) is 13.3. The summed E-state index contributed by atoms with van der Waals surface area (Å²) >= 11 is 3.34. The molecule has 2 aromatic rings. The maximum atomic E-state index is 13.9. The van der Waals surface area contributed by atoms with Crippen LogP contribution in [0.15, 0.2) is 53.3 Å². The van der Waals surface area contributed by atoms with E-state index in [1.54, 1.807) is 30.3 Å². The number of phenolic OH excluding ortho intramolecular Hbond substituents is 1. The van der Waals surface area contributed by atoms with Crippen molar-refractivity contribution in [3.05, 3.63) is 70.0 Å². The average molecular weight is 656 g/mol. The molecule has 0 heterocycles. The molecule has 1 saturated carbocycles. The van der Waals surface area contributed by atoms with E-state index < -0.39 is 74.5 Å². The summed E-state index contributed by atoms with van der Waals surface area (Å²) in [5.41, 5.74) is 2.39. The summed E-state index contributed by atoms with van der Waals surface area (Å²) < 4.78 is 5.14. The zero-order chi connectivity index (χ0) is 31.5. The molecule has 0 bridgehead atoms. The Kier molecular flexibility index (Phi) is 7.61. The highest BCUT2D eigenvalue weighted by molar-refractivity contribution is 9.09. The summed E-state index contributed by atoms with van der Waals surface area (Å²) in [6, 6.07) is 8.68. The van der Waals surface area contributed by atoms with Crippen molar-refractivity contribution in [1.29, 1.82) is 0 Å². The van der Waals surface area contributed by atoms with Crippen LogP contribution in [0.2, 0.25) is 0 Å². The second kappa shape index (κ2) is 10.8. The minimum absolute atomic E-state index is 0.0157. The lowest BCUT2D eigenvalue weighted by Gasteiger charge is -2.50. The Bertz CT molecular complexity index is 1630. The highest BCUT2D eigenvalue weighted by atomic mass is 79.9. The van der Waals surface area contributed by atoms with Gasteiger partial charge in [-0.1, -0.05) is 34.1 Å². The first-order chi connectivity index (χ1) is 20.2. The molecular formula is C30H30BrN3O9. The van der Waals surface area contributed by atoms with Crippen molar-refractivity contribution in [2.24, 2.45) is 17.6 Å². The van der Waals surface area contributed by atoms with E-state index >= 15 is 0 Å². The number of aliphatic hydroxyl groups is 3. The Morgan fingerprint density at radius 2 is 1.77 bits per heavy atom. The molecule has 5 atom stereocenters. The Morgan fingerprint density at radius 3 is 2.35 bits per heavy atom. The first-order valence-corrected chi connectivity index (χ1v) is 14.2. The fourth-order valence-corrected chi connectivity index (χ4v) is 6.86. The normalized spacial score (nSPS) is 25.6. The van der Waals surface area contributed by atoms with Crippen LogP contribution < -0.4 is 15.8 Å². The van der Waals surface area contributed by atoms with Crippen molar-refractivity contribution in [3.8, 4) is 11.5 Å². The molecule has 4 unspecified atom stereocenters. The third kappa shape index (κ3) is 4.58. The predicted molar refractivity (Wildman–Crippen MR) is 158 cm³/mol. The second-order valence-electron chi connectivity index (χ2n) is 11.1. The standard InChI is InChI=1S/C30H30BrN3O9/c1-34(2)22-16-11-14-10-13-6-9-17(33-29(41)21(31)12-4-7-15(43-3)8-5-12)23(35)18(13)24(36)19(14)26(38)30(16,42)27(39)20(25(22)37)28(32)40/h4-9,14,16,21-22,35-36,39,42H,10-11H2,1-3H3,(H2,32,40)(H,33,41)/t14?,16?,21?,22-,30?/m0/s1. The number of carbonyl (C=O) groups excluding carboxylic acids is 4. The monoisotopic (exact) mass is 655 g/mol. The van der Waals surface area contributed by atoms with Gasteiger partial charge in [0.05, 0.1) is 24.4 Å². The lowest BCUT2D eigenvalue weighted by Crippen LogP contribution is -2.65. The summed E-state index contributed by atoms with van der Waals surface area (Å²) in [7, 11) is 4.59. The summed E-state index contributed by atoms with van der Waals surface area (Å²) in [4.78, 5) is 52.9. The molecule has 0 saturated heterocycles. The van der Waals surface area contributed by atoms with Gasteiger partial charge in [0.1, 0.15) is 33.4 Å². The van der Waals surface area contributed by atoms with Gasteiger partial charge in [0.25, 0.3) is 5.91 Å². The number of Topliss-reactive ketones (excluding diaryl/α,β-unsaturated/α-hetero) is 2. The first kappa shape index (κ1) is 30.3. The van der Waals surface area contributed by atoms with E-state index in [0.717, 1.165) is 0 Å². The van der Waals surface area contributed by atoms with E-state index in [1.807, 2.05) is 0 Å². The van der Waals surface area contributed by atoms with E-state index in [2.05, 4.69) is 21.2 Å². The van der Waals surface area contributed by atoms with Gasteiger partial charge in [-0.2, -0.15) is 0 Å². The number of alkyl halides is 1. The summed E-state index contributed by atoms with van der Waals surface area (Å²) in [5.74, 6) is -7.30. The van der Waals surface area contributed by atoms with Crippen molar-refractivity contribution in [1.82, 2.24) is 4.90 Å². The molecule has 7 N–H and O–H groups in total. The van der Waals surface area contributed by atoms with Crippen molar-refractivity contribution < 1.29 is 44.3 Å². The third-order valence-corrected chi connectivity index (χ3v) is 9.43. The number of phenols is 1.